The molecule has 1 saturated carbocycles. The van der Waals surface area contributed by atoms with E-state index in [1.165, 1.54) is 4.90 Å². The average molecular weight is 277 g/mol. The van der Waals surface area contributed by atoms with Gasteiger partial charge in [0, 0.05) is 5.69 Å². The zero-order chi connectivity index (χ0) is 14.4. The third-order valence-corrected chi connectivity index (χ3v) is 3.41. The molecule has 0 aromatic heterocycles. The van der Waals surface area contributed by atoms with Gasteiger partial charge in [-0.15, -0.1) is 0 Å². The van der Waals surface area contributed by atoms with Crippen molar-refractivity contribution >= 4 is 17.6 Å². The predicted octanol–water partition coefficient (Wildman–Crippen LogP) is 2.06. The Kier molecular flexibility index (Phi) is 5.12. The summed E-state index contributed by atoms with van der Waals surface area (Å²) < 4.78 is 5.56. The molecule has 108 valence electrons. The Morgan fingerprint density at radius 1 is 1.20 bits per heavy atom. The van der Waals surface area contributed by atoms with Crippen molar-refractivity contribution in [2.24, 2.45) is 0 Å². The standard InChI is InChI=1S/C15H19NO4/c17-14(11-20-13-8-4-5-9-13)16(10-15(18)19)12-6-2-1-3-7-12/h1-3,6-7,13H,4-5,8-11H2,(H,18,19). The van der Waals surface area contributed by atoms with Crippen LogP contribution < -0.4 is 4.90 Å². The molecule has 1 aromatic carbocycles. The molecule has 20 heavy (non-hydrogen) atoms. The van der Waals surface area contributed by atoms with E-state index in [9.17, 15) is 9.59 Å². The maximum absolute atomic E-state index is 12.2. The molecular formula is C15H19NO4. The average Bonchev–Trinajstić information content (AvgIpc) is 2.96. The molecule has 0 spiro atoms. The van der Waals surface area contributed by atoms with Gasteiger partial charge in [-0.05, 0) is 25.0 Å². The Balaban J connectivity index is 1.98. The van der Waals surface area contributed by atoms with Gasteiger partial charge < -0.3 is 9.84 Å². The summed E-state index contributed by atoms with van der Waals surface area (Å²) in [6, 6.07) is 8.80. The van der Waals surface area contributed by atoms with Crippen LogP contribution in [0.1, 0.15) is 25.7 Å². The lowest BCUT2D eigenvalue weighted by molar-refractivity contribution is -0.137. The van der Waals surface area contributed by atoms with E-state index in [-0.39, 0.29) is 25.2 Å². The van der Waals surface area contributed by atoms with Crippen LogP contribution in [0, 0.1) is 0 Å². The third-order valence-electron chi connectivity index (χ3n) is 3.41. The zero-order valence-corrected chi connectivity index (χ0v) is 11.3. The second-order valence-corrected chi connectivity index (χ2v) is 4.93. The number of ether oxygens (including phenoxy) is 1. The van der Waals surface area contributed by atoms with Crippen LogP contribution in [-0.2, 0) is 14.3 Å². The summed E-state index contributed by atoms with van der Waals surface area (Å²) in [4.78, 5) is 24.3. The Hall–Kier alpha value is -1.88. The van der Waals surface area contributed by atoms with Crippen LogP contribution >= 0.6 is 0 Å². The number of amides is 1. The van der Waals surface area contributed by atoms with Crippen molar-refractivity contribution in [2.75, 3.05) is 18.1 Å². The van der Waals surface area contributed by atoms with Crippen LogP contribution in [-0.4, -0.2) is 36.2 Å². The van der Waals surface area contributed by atoms with Crippen molar-refractivity contribution < 1.29 is 19.4 Å². The van der Waals surface area contributed by atoms with E-state index < -0.39 is 5.97 Å². The second kappa shape index (κ2) is 7.05. The molecule has 1 aromatic rings. The number of nitrogens with zero attached hydrogens (tertiary/aromatic N) is 1. The highest BCUT2D eigenvalue weighted by Crippen LogP contribution is 2.21. The molecule has 0 aliphatic heterocycles. The first-order valence-corrected chi connectivity index (χ1v) is 6.85. The molecule has 0 saturated heterocycles. The van der Waals surface area contributed by atoms with Crippen molar-refractivity contribution in [3.05, 3.63) is 30.3 Å². The lowest BCUT2D eigenvalue weighted by Crippen LogP contribution is -2.38. The number of rotatable bonds is 6. The Labute approximate surface area is 118 Å². The molecule has 1 amide bonds. The van der Waals surface area contributed by atoms with Crippen LogP contribution in [0.15, 0.2) is 30.3 Å². The Bertz CT molecular complexity index is 454. The summed E-state index contributed by atoms with van der Waals surface area (Å²) in [5, 5.41) is 8.94. The number of anilines is 1. The topological polar surface area (TPSA) is 66.8 Å². The largest absolute Gasteiger partial charge is 0.480 e. The van der Waals surface area contributed by atoms with Gasteiger partial charge in [0.25, 0.3) is 5.91 Å². The molecule has 0 radical (unpaired) electrons. The van der Waals surface area contributed by atoms with Gasteiger partial charge in [-0.3, -0.25) is 14.5 Å². The number of aliphatic carboxylic acids is 1. The number of benzene rings is 1. The van der Waals surface area contributed by atoms with Gasteiger partial charge >= 0.3 is 5.97 Å². The van der Waals surface area contributed by atoms with Crippen LogP contribution in [0.3, 0.4) is 0 Å². The summed E-state index contributed by atoms with van der Waals surface area (Å²) in [7, 11) is 0. The van der Waals surface area contributed by atoms with E-state index in [0.717, 1.165) is 25.7 Å². The predicted molar refractivity (Wildman–Crippen MR) is 74.6 cm³/mol. The second-order valence-electron chi connectivity index (χ2n) is 4.93. The fourth-order valence-corrected chi connectivity index (χ4v) is 2.39. The highest BCUT2D eigenvalue weighted by molar-refractivity contribution is 5.98. The minimum Gasteiger partial charge on any atom is -0.480 e. The molecule has 5 nitrogen and oxygen atoms in total. The monoisotopic (exact) mass is 277 g/mol. The highest BCUT2D eigenvalue weighted by atomic mass is 16.5. The lowest BCUT2D eigenvalue weighted by Gasteiger charge is -2.21. The molecular weight excluding hydrogens is 258 g/mol. The van der Waals surface area contributed by atoms with Crippen LogP contribution in [0.5, 0.6) is 0 Å². The Morgan fingerprint density at radius 2 is 1.85 bits per heavy atom. The summed E-state index contributed by atoms with van der Waals surface area (Å²) in [6.07, 6.45) is 4.38. The highest BCUT2D eigenvalue weighted by Gasteiger charge is 2.22. The smallest absolute Gasteiger partial charge is 0.323 e. The number of hydrogen-bond donors (Lipinski definition) is 1. The van der Waals surface area contributed by atoms with Gasteiger partial charge in [0.05, 0.1) is 6.10 Å². The normalized spacial score (nSPS) is 15.2. The van der Waals surface area contributed by atoms with Gasteiger partial charge in [0.1, 0.15) is 13.2 Å². The summed E-state index contributed by atoms with van der Waals surface area (Å²) in [5.41, 5.74) is 0.579. The molecule has 0 unspecified atom stereocenters. The molecule has 0 heterocycles. The van der Waals surface area contributed by atoms with E-state index in [0.29, 0.717) is 5.69 Å². The molecule has 1 aliphatic carbocycles. The van der Waals surface area contributed by atoms with Crippen molar-refractivity contribution in [1.82, 2.24) is 0 Å². The molecule has 5 heteroatoms. The number of carboxylic acids is 1. The van der Waals surface area contributed by atoms with Gasteiger partial charge in [-0.2, -0.15) is 0 Å². The van der Waals surface area contributed by atoms with Crippen molar-refractivity contribution in [2.45, 2.75) is 31.8 Å². The summed E-state index contributed by atoms with van der Waals surface area (Å²) in [5.74, 6) is -1.35. The minimum atomic E-state index is -1.04. The third kappa shape index (κ3) is 4.06. The minimum absolute atomic E-state index is 0.0627. The van der Waals surface area contributed by atoms with E-state index >= 15 is 0 Å². The first kappa shape index (κ1) is 14.5. The van der Waals surface area contributed by atoms with E-state index in [1.54, 1.807) is 24.3 Å². The zero-order valence-electron chi connectivity index (χ0n) is 11.3. The number of hydrogen-bond acceptors (Lipinski definition) is 3. The van der Waals surface area contributed by atoms with Crippen molar-refractivity contribution in [1.29, 1.82) is 0 Å². The van der Waals surface area contributed by atoms with Gasteiger partial charge in [-0.25, -0.2) is 0 Å². The SMILES string of the molecule is O=C(O)CN(C(=O)COC1CCCC1)c1ccccc1. The fraction of sp³-hybridized carbons (Fsp3) is 0.467. The number of carbonyl (C=O) groups excluding carboxylic acids is 1. The van der Waals surface area contributed by atoms with Gasteiger partial charge in [-0.1, -0.05) is 31.0 Å². The van der Waals surface area contributed by atoms with Gasteiger partial charge in [0.15, 0.2) is 0 Å². The van der Waals surface area contributed by atoms with E-state index in [2.05, 4.69) is 0 Å². The number of carbonyl (C=O) groups is 2. The maximum atomic E-state index is 12.2. The van der Waals surface area contributed by atoms with Gasteiger partial charge in [0.2, 0.25) is 0 Å². The van der Waals surface area contributed by atoms with E-state index in [4.69, 9.17) is 9.84 Å². The quantitative estimate of drug-likeness (QED) is 0.864. The molecule has 1 N–H and O–H groups in total. The lowest BCUT2D eigenvalue weighted by atomic mass is 10.2. The molecule has 2 rings (SSSR count). The van der Waals surface area contributed by atoms with Crippen LogP contribution in [0.25, 0.3) is 0 Å². The molecule has 0 atom stereocenters. The first-order chi connectivity index (χ1) is 9.66. The number of para-hydroxylation sites is 1. The molecule has 0 bridgehead atoms. The van der Waals surface area contributed by atoms with Crippen molar-refractivity contribution in [3.8, 4) is 0 Å². The molecule has 1 aliphatic rings. The fourth-order valence-electron chi connectivity index (χ4n) is 2.39. The first-order valence-electron chi connectivity index (χ1n) is 6.85. The summed E-state index contributed by atoms with van der Waals surface area (Å²) in [6.45, 7) is -0.413. The van der Waals surface area contributed by atoms with E-state index in [1.807, 2.05) is 6.07 Å². The van der Waals surface area contributed by atoms with Crippen LogP contribution in [0.4, 0.5) is 5.69 Å². The van der Waals surface area contributed by atoms with Crippen LogP contribution in [0.2, 0.25) is 0 Å². The van der Waals surface area contributed by atoms with Crippen molar-refractivity contribution in [3.63, 3.8) is 0 Å². The summed E-state index contributed by atoms with van der Waals surface area (Å²) >= 11 is 0. The Morgan fingerprint density at radius 3 is 2.45 bits per heavy atom. The maximum Gasteiger partial charge on any atom is 0.323 e. The molecule has 1 fully saturated rings. The number of carboxylic acid groups (broad SMARTS) is 1.